The van der Waals surface area contributed by atoms with Crippen LogP contribution >= 0.6 is 28.3 Å². The molecule has 0 saturated carbocycles. The van der Waals surface area contributed by atoms with Crippen LogP contribution in [0.3, 0.4) is 0 Å². The molecule has 14 heavy (non-hydrogen) atoms. The maximum atomic E-state index is 9.20. The van der Waals surface area contributed by atoms with E-state index in [2.05, 4.69) is 15.9 Å². The van der Waals surface area contributed by atoms with E-state index in [0.29, 0.717) is 4.47 Å². The molecule has 0 spiro atoms. The average molecular weight is 278 g/mol. The SMILES string of the molecule is Cl.N#CC[C@@H](N)c1ccc(O)c(Br)c1. The minimum Gasteiger partial charge on any atom is -0.507 e. The average Bonchev–Trinajstić information content (AvgIpc) is 2.10. The lowest BCUT2D eigenvalue weighted by Gasteiger charge is -2.08. The summed E-state index contributed by atoms with van der Waals surface area (Å²) in [5.74, 6) is 0.174. The Balaban J connectivity index is 0.00000169. The van der Waals surface area contributed by atoms with Crippen molar-refractivity contribution >= 4 is 28.3 Å². The molecule has 0 unspecified atom stereocenters. The Morgan fingerprint density at radius 2 is 2.21 bits per heavy atom. The summed E-state index contributed by atoms with van der Waals surface area (Å²) in [6.07, 6.45) is 0.275. The smallest absolute Gasteiger partial charge is 0.129 e. The second kappa shape index (κ2) is 5.86. The fourth-order valence-electron chi connectivity index (χ4n) is 0.970. The van der Waals surface area contributed by atoms with Gasteiger partial charge in [0.1, 0.15) is 5.75 Å². The van der Waals surface area contributed by atoms with Gasteiger partial charge in [0.25, 0.3) is 0 Å². The van der Waals surface area contributed by atoms with E-state index in [9.17, 15) is 5.11 Å². The van der Waals surface area contributed by atoms with E-state index in [1.165, 1.54) is 0 Å². The number of nitriles is 1. The van der Waals surface area contributed by atoms with E-state index >= 15 is 0 Å². The van der Waals surface area contributed by atoms with Crippen molar-refractivity contribution in [3.8, 4) is 11.8 Å². The Morgan fingerprint density at radius 1 is 1.57 bits per heavy atom. The van der Waals surface area contributed by atoms with Crippen LogP contribution in [-0.2, 0) is 0 Å². The number of rotatable bonds is 2. The molecule has 0 bridgehead atoms. The molecule has 0 aliphatic rings. The zero-order valence-electron chi connectivity index (χ0n) is 7.27. The van der Waals surface area contributed by atoms with Gasteiger partial charge in [-0.25, -0.2) is 0 Å². The van der Waals surface area contributed by atoms with Crippen LogP contribution in [0.15, 0.2) is 22.7 Å². The molecule has 1 aromatic carbocycles. The van der Waals surface area contributed by atoms with Gasteiger partial charge in [-0.2, -0.15) is 5.26 Å². The summed E-state index contributed by atoms with van der Waals surface area (Å²) in [6.45, 7) is 0. The summed E-state index contributed by atoms with van der Waals surface area (Å²) < 4.78 is 0.596. The maximum absolute atomic E-state index is 9.20. The minimum absolute atomic E-state index is 0. The van der Waals surface area contributed by atoms with E-state index in [1.54, 1.807) is 18.2 Å². The highest BCUT2D eigenvalue weighted by molar-refractivity contribution is 9.10. The quantitative estimate of drug-likeness (QED) is 0.872. The Kier molecular flexibility index (Phi) is 5.55. The normalized spacial score (nSPS) is 11.2. The van der Waals surface area contributed by atoms with E-state index in [1.807, 2.05) is 6.07 Å². The number of hydrogen-bond donors (Lipinski definition) is 2. The van der Waals surface area contributed by atoms with Crippen LogP contribution in [0.1, 0.15) is 18.0 Å². The zero-order chi connectivity index (χ0) is 9.84. The first-order chi connectivity index (χ1) is 6.15. The highest BCUT2D eigenvalue weighted by Gasteiger charge is 2.07. The van der Waals surface area contributed by atoms with Gasteiger partial charge in [-0.15, -0.1) is 12.4 Å². The molecule has 1 rings (SSSR count). The zero-order valence-corrected chi connectivity index (χ0v) is 9.68. The number of nitrogens with two attached hydrogens (primary N) is 1. The van der Waals surface area contributed by atoms with Gasteiger partial charge < -0.3 is 10.8 Å². The third-order valence-corrected chi connectivity index (χ3v) is 2.35. The lowest BCUT2D eigenvalue weighted by molar-refractivity contribution is 0.471. The van der Waals surface area contributed by atoms with Crippen molar-refractivity contribution in [2.45, 2.75) is 12.5 Å². The number of phenolic OH excluding ortho intramolecular Hbond substituents is 1. The van der Waals surface area contributed by atoms with E-state index in [0.717, 1.165) is 5.56 Å². The second-order valence-corrected chi connectivity index (χ2v) is 3.53. The van der Waals surface area contributed by atoms with Crippen LogP contribution in [-0.4, -0.2) is 5.11 Å². The molecule has 0 radical (unpaired) electrons. The number of aromatic hydroxyl groups is 1. The lowest BCUT2D eigenvalue weighted by atomic mass is 10.1. The summed E-state index contributed by atoms with van der Waals surface area (Å²) in [5.41, 5.74) is 6.54. The van der Waals surface area contributed by atoms with Crippen LogP contribution in [0, 0.1) is 11.3 Å². The van der Waals surface area contributed by atoms with E-state index < -0.39 is 0 Å². The molecule has 0 amide bonds. The van der Waals surface area contributed by atoms with Crippen molar-refractivity contribution in [2.24, 2.45) is 5.73 Å². The molecule has 0 aliphatic heterocycles. The second-order valence-electron chi connectivity index (χ2n) is 2.68. The molecule has 76 valence electrons. The van der Waals surface area contributed by atoms with Crippen molar-refractivity contribution in [2.75, 3.05) is 0 Å². The maximum Gasteiger partial charge on any atom is 0.129 e. The van der Waals surface area contributed by atoms with Gasteiger partial charge in [-0.05, 0) is 33.6 Å². The largest absolute Gasteiger partial charge is 0.507 e. The number of hydrogen-bond acceptors (Lipinski definition) is 3. The van der Waals surface area contributed by atoms with Gasteiger partial charge in [-0.3, -0.25) is 0 Å². The summed E-state index contributed by atoms with van der Waals surface area (Å²) in [5, 5.41) is 17.6. The molecule has 1 atom stereocenters. The van der Waals surface area contributed by atoms with Crippen LogP contribution in [0.2, 0.25) is 0 Å². The van der Waals surface area contributed by atoms with Gasteiger partial charge in [0.2, 0.25) is 0 Å². The molecule has 0 aliphatic carbocycles. The number of benzene rings is 1. The molecule has 1 aromatic rings. The fourth-order valence-corrected chi connectivity index (χ4v) is 1.37. The Morgan fingerprint density at radius 3 is 2.71 bits per heavy atom. The Bertz CT molecular complexity index is 351. The highest BCUT2D eigenvalue weighted by Crippen LogP contribution is 2.27. The van der Waals surface area contributed by atoms with Crippen molar-refractivity contribution in [1.82, 2.24) is 0 Å². The predicted octanol–water partition coefficient (Wildman–Crippen LogP) is 2.49. The van der Waals surface area contributed by atoms with Crippen molar-refractivity contribution in [3.05, 3.63) is 28.2 Å². The van der Waals surface area contributed by atoms with Gasteiger partial charge in [0.15, 0.2) is 0 Å². The molecule has 0 fully saturated rings. The summed E-state index contributed by atoms with van der Waals surface area (Å²) in [6, 6.07) is 6.69. The molecule has 3 nitrogen and oxygen atoms in total. The molecule has 3 N–H and O–H groups in total. The molecule has 0 saturated heterocycles. The van der Waals surface area contributed by atoms with Crippen LogP contribution in [0.5, 0.6) is 5.75 Å². The predicted molar refractivity (Wildman–Crippen MR) is 60.2 cm³/mol. The summed E-state index contributed by atoms with van der Waals surface area (Å²) in [7, 11) is 0. The molecular weight excluding hydrogens is 267 g/mol. The Labute approximate surface area is 97.1 Å². The molecule has 0 aromatic heterocycles. The molecule has 5 heteroatoms. The number of phenols is 1. The van der Waals surface area contributed by atoms with Gasteiger partial charge in [0.05, 0.1) is 17.0 Å². The van der Waals surface area contributed by atoms with E-state index in [-0.39, 0.29) is 30.6 Å². The molecular formula is C9H10BrClN2O. The van der Waals surface area contributed by atoms with E-state index in [4.69, 9.17) is 11.0 Å². The molecule has 0 heterocycles. The Hall–Kier alpha value is -0.760. The van der Waals surface area contributed by atoms with Crippen LogP contribution < -0.4 is 5.73 Å². The first kappa shape index (κ1) is 13.2. The highest BCUT2D eigenvalue weighted by atomic mass is 79.9. The van der Waals surface area contributed by atoms with Crippen LogP contribution in [0.25, 0.3) is 0 Å². The van der Waals surface area contributed by atoms with Crippen molar-refractivity contribution < 1.29 is 5.11 Å². The van der Waals surface area contributed by atoms with Crippen molar-refractivity contribution in [3.63, 3.8) is 0 Å². The third-order valence-electron chi connectivity index (χ3n) is 1.71. The van der Waals surface area contributed by atoms with Crippen LogP contribution in [0.4, 0.5) is 0 Å². The summed E-state index contributed by atoms with van der Waals surface area (Å²) in [4.78, 5) is 0. The number of nitrogens with zero attached hydrogens (tertiary/aromatic N) is 1. The first-order valence-electron chi connectivity index (χ1n) is 3.76. The minimum atomic E-state index is -0.290. The van der Waals surface area contributed by atoms with Crippen molar-refractivity contribution in [1.29, 1.82) is 5.26 Å². The van der Waals surface area contributed by atoms with Gasteiger partial charge >= 0.3 is 0 Å². The number of halogens is 2. The third kappa shape index (κ3) is 3.18. The first-order valence-corrected chi connectivity index (χ1v) is 4.55. The monoisotopic (exact) mass is 276 g/mol. The summed E-state index contributed by atoms with van der Waals surface area (Å²) >= 11 is 3.18. The topological polar surface area (TPSA) is 70.0 Å². The lowest BCUT2D eigenvalue weighted by Crippen LogP contribution is -2.08. The van der Waals surface area contributed by atoms with Gasteiger partial charge in [-0.1, -0.05) is 6.07 Å². The van der Waals surface area contributed by atoms with Gasteiger partial charge in [0, 0.05) is 6.04 Å². The fraction of sp³-hybridized carbons (Fsp3) is 0.222. The standard InChI is InChI=1S/C9H9BrN2O.ClH/c10-7-5-6(1-2-9(7)13)8(12)3-4-11;/h1-2,5,8,13H,3,12H2;1H/t8-;/m1./s1.